The summed E-state index contributed by atoms with van der Waals surface area (Å²) in [5.74, 6) is 0.00407. The van der Waals surface area contributed by atoms with Crippen LogP contribution in [-0.4, -0.2) is 48.3 Å². The number of aliphatic hydroxyl groups excluding tert-OH is 1. The van der Waals surface area contributed by atoms with Gasteiger partial charge in [-0.05, 0) is 39.8 Å². The van der Waals surface area contributed by atoms with E-state index in [1.165, 1.54) is 0 Å². The van der Waals surface area contributed by atoms with E-state index in [1.54, 1.807) is 6.92 Å². The minimum atomic E-state index is -0.288. The zero-order chi connectivity index (χ0) is 11.3. The minimum Gasteiger partial charge on any atom is -0.466 e. The molecule has 4 nitrogen and oxygen atoms in total. The van der Waals surface area contributed by atoms with E-state index < -0.39 is 0 Å². The van der Waals surface area contributed by atoms with Crippen molar-refractivity contribution >= 4 is 5.97 Å². The number of esters is 1. The molecule has 0 aliphatic carbocycles. The number of carbonyl (C=O) groups excluding carboxylic acids is 1. The number of β-amino-alcohol motifs (C(OH)–C–C–N with tert-alkyl or cyclic N) is 1. The molecule has 1 aliphatic rings. The molecule has 0 bridgehead atoms. The van der Waals surface area contributed by atoms with E-state index in [2.05, 4.69) is 4.90 Å². The van der Waals surface area contributed by atoms with Gasteiger partial charge in [-0.1, -0.05) is 0 Å². The van der Waals surface area contributed by atoms with Gasteiger partial charge in [0.25, 0.3) is 0 Å². The first-order valence-electron chi connectivity index (χ1n) is 5.70. The molecule has 1 heterocycles. The number of piperidine rings is 1. The quantitative estimate of drug-likeness (QED) is 0.699. The predicted octanol–water partition coefficient (Wildman–Crippen LogP) is 0.642. The van der Waals surface area contributed by atoms with E-state index in [4.69, 9.17) is 4.74 Å². The van der Waals surface area contributed by atoms with Crippen LogP contribution < -0.4 is 0 Å². The van der Waals surface area contributed by atoms with Gasteiger partial charge >= 0.3 is 5.97 Å². The first kappa shape index (κ1) is 12.5. The molecule has 88 valence electrons. The molecule has 1 N–H and O–H groups in total. The Morgan fingerprint density at radius 1 is 1.53 bits per heavy atom. The van der Waals surface area contributed by atoms with Crippen molar-refractivity contribution in [2.75, 3.05) is 26.2 Å². The Kier molecular flexibility index (Phi) is 5.05. The Hall–Kier alpha value is -0.610. The molecule has 0 aromatic heterocycles. The van der Waals surface area contributed by atoms with Crippen molar-refractivity contribution in [2.45, 2.75) is 32.8 Å². The van der Waals surface area contributed by atoms with Crippen molar-refractivity contribution in [3.8, 4) is 0 Å². The fraction of sp³-hybridized carbons (Fsp3) is 0.909. The molecule has 15 heavy (non-hydrogen) atoms. The highest BCUT2D eigenvalue weighted by atomic mass is 16.5. The Morgan fingerprint density at radius 2 is 2.13 bits per heavy atom. The highest BCUT2D eigenvalue weighted by Crippen LogP contribution is 2.18. The van der Waals surface area contributed by atoms with Crippen LogP contribution in [0.4, 0.5) is 0 Å². The van der Waals surface area contributed by atoms with Crippen molar-refractivity contribution in [1.29, 1.82) is 0 Å². The van der Waals surface area contributed by atoms with Crippen LogP contribution >= 0.6 is 0 Å². The van der Waals surface area contributed by atoms with Crippen LogP contribution in [0.1, 0.15) is 26.7 Å². The molecule has 0 unspecified atom stereocenters. The third kappa shape index (κ3) is 4.18. The maximum absolute atomic E-state index is 11.4. The Balaban J connectivity index is 2.26. The Bertz CT molecular complexity index is 198. The molecule has 0 amide bonds. The summed E-state index contributed by atoms with van der Waals surface area (Å²) >= 11 is 0. The van der Waals surface area contributed by atoms with Crippen molar-refractivity contribution in [2.24, 2.45) is 5.92 Å². The lowest BCUT2D eigenvalue weighted by molar-refractivity contribution is -0.149. The smallest absolute Gasteiger partial charge is 0.309 e. The van der Waals surface area contributed by atoms with Crippen molar-refractivity contribution in [3.05, 3.63) is 0 Å². The van der Waals surface area contributed by atoms with Gasteiger partial charge in [0, 0.05) is 6.54 Å². The summed E-state index contributed by atoms with van der Waals surface area (Å²) in [5, 5.41) is 9.23. The average Bonchev–Trinajstić information content (AvgIpc) is 2.18. The molecular formula is C11H21NO3. The molecule has 1 fully saturated rings. The summed E-state index contributed by atoms with van der Waals surface area (Å²) in [6, 6.07) is 0. The van der Waals surface area contributed by atoms with E-state index in [0.717, 1.165) is 25.9 Å². The van der Waals surface area contributed by atoms with Gasteiger partial charge in [-0.3, -0.25) is 4.79 Å². The van der Waals surface area contributed by atoms with Gasteiger partial charge in [0.1, 0.15) is 0 Å². The number of nitrogens with zero attached hydrogens (tertiary/aromatic N) is 1. The standard InChI is InChI=1S/C11H21NO3/c1-3-15-11(14)10-4-6-12(7-5-10)8-9(2)13/h9-10,13H,3-8H2,1-2H3/t9-/m1/s1. The fourth-order valence-electron chi connectivity index (χ4n) is 1.99. The van der Waals surface area contributed by atoms with Crippen LogP contribution in [0, 0.1) is 5.92 Å². The maximum atomic E-state index is 11.4. The largest absolute Gasteiger partial charge is 0.466 e. The summed E-state index contributed by atoms with van der Waals surface area (Å²) < 4.78 is 4.99. The molecule has 0 aromatic rings. The van der Waals surface area contributed by atoms with E-state index in [-0.39, 0.29) is 18.0 Å². The van der Waals surface area contributed by atoms with Crippen LogP contribution in [0.2, 0.25) is 0 Å². The average molecular weight is 215 g/mol. The van der Waals surface area contributed by atoms with Crippen molar-refractivity contribution in [1.82, 2.24) is 4.90 Å². The van der Waals surface area contributed by atoms with Gasteiger partial charge in [-0.15, -0.1) is 0 Å². The van der Waals surface area contributed by atoms with Crippen LogP contribution in [0.15, 0.2) is 0 Å². The monoisotopic (exact) mass is 215 g/mol. The van der Waals surface area contributed by atoms with Gasteiger partial charge in [0.05, 0.1) is 18.6 Å². The lowest BCUT2D eigenvalue weighted by Crippen LogP contribution is -2.40. The van der Waals surface area contributed by atoms with E-state index in [0.29, 0.717) is 13.2 Å². The first-order valence-corrected chi connectivity index (χ1v) is 5.70. The second kappa shape index (κ2) is 6.08. The molecule has 1 rings (SSSR count). The number of ether oxygens (including phenoxy) is 1. The molecule has 4 heteroatoms. The van der Waals surface area contributed by atoms with Crippen LogP contribution in [0.25, 0.3) is 0 Å². The topological polar surface area (TPSA) is 49.8 Å². The van der Waals surface area contributed by atoms with Gasteiger partial charge in [-0.25, -0.2) is 0 Å². The highest BCUT2D eigenvalue weighted by molar-refractivity contribution is 5.72. The van der Waals surface area contributed by atoms with Crippen LogP contribution in [0.3, 0.4) is 0 Å². The fourth-order valence-corrected chi connectivity index (χ4v) is 1.99. The third-order valence-corrected chi connectivity index (χ3v) is 2.73. The normalized spacial score (nSPS) is 21.3. The number of carbonyl (C=O) groups is 1. The molecule has 1 aliphatic heterocycles. The molecular weight excluding hydrogens is 194 g/mol. The minimum absolute atomic E-state index is 0.0609. The van der Waals surface area contributed by atoms with Gasteiger partial charge in [0.2, 0.25) is 0 Å². The lowest BCUT2D eigenvalue weighted by atomic mass is 9.97. The third-order valence-electron chi connectivity index (χ3n) is 2.73. The Morgan fingerprint density at radius 3 is 2.60 bits per heavy atom. The molecule has 0 saturated carbocycles. The molecule has 0 aromatic carbocycles. The van der Waals surface area contributed by atoms with E-state index in [9.17, 15) is 9.90 Å². The zero-order valence-electron chi connectivity index (χ0n) is 9.61. The highest BCUT2D eigenvalue weighted by Gasteiger charge is 2.26. The van der Waals surface area contributed by atoms with Crippen molar-refractivity contribution < 1.29 is 14.6 Å². The van der Waals surface area contributed by atoms with Gasteiger partial charge < -0.3 is 14.7 Å². The maximum Gasteiger partial charge on any atom is 0.309 e. The summed E-state index contributed by atoms with van der Waals surface area (Å²) in [7, 11) is 0. The zero-order valence-corrected chi connectivity index (χ0v) is 9.61. The van der Waals surface area contributed by atoms with Crippen LogP contribution in [0.5, 0.6) is 0 Å². The summed E-state index contributed by atoms with van der Waals surface area (Å²) in [5.41, 5.74) is 0. The molecule has 1 saturated heterocycles. The molecule has 0 radical (unpaired) electrons. The summed E-state index contributed by atoms with van der Waals surface area (Å²) in [4.78, 5) is 13.6. The predicted molar refractivity (Wildman–Crippen MR) is 57.5 cm³/mol. The number of hydrogen-bond acceptors (Lipinski definition) is 4. The Labute approximate surface area is 91.2 Å². The van der Waals surface area contributed by atoms with Crippen molar-refractivity contribution in [3.63, 3.8) is 0 Å². The molecule has 0 spiro atoms. The second-order valence-corrected chi connectivity index (χ2v) is 4.18. The number of rotatable bonds is 4. The van der Waals surface area contributed by atoms with Crippen LogP contribution in [-0.2, 0) is 9.53 Å². The second-order valence-electron chi connectivity index (χ2n) is 4.18. The summed E-state index contributed by atoms with van der Waals surface area (Å²) in [6.45, 7) is 6.56. The number of likely N-dealkylation sites (tertiary alicyclic amines) is 1. The lowest BCUT2D eigenvalue weighted by Gasteiger charge is -2.31. The SMILES string of the molecule is CCOC(=O)C1CCN(C[C@@H](C)O)CC1. The first-order chi connectivity index (χ1) is 7.13. The van der Waals surface area contributed by atoms with Gasteiger partial charge in [-0.2, -0.15) is 0 Å². The van der Waals surface area contributed by atoms with Gasteiger partial charge in [0.15, 0.2) is 0 Å². The van der Waals surface area contributed by atoms with E-state index >= 15 is 0 Å². The summed E-state index contributed by atoms with van der Waals surface area (Å²) in [6.07, 6.45) is 1.42. The molecule has 1 atom stereocenters. The number of hydrogen-bond donors (Lipinski definition) is 1. The number of aliphatic hydroxyl groups is 1. The van der Waals surface area contributed by atoms with E-state index in [1.807, 2.05) is 6.92 Å².